The number of nitrogens with zero attached hydrogens (tertiary/aromatic N) is 1. The van der Waals surface area contributed by atoms with Crippen LogP contribution in [0.5, 0.6) is 11.5 Å². The van der Waals surface area contributed by atoms with Crippen molar-refractivity contribution >= 4 is 28.9 Å². The topological polar surface area (TPSA) is 54.4 Å². The number of phenolic OH excluding ortho intramolecular Hbond substituents is 1. The number of methoxy groups -OCH3 is 1. The van der Waals surface area contributed by atoms with E-state index in [0.717, 1.165) is 0 Å². The van der Waals surface area contributed by atoms with E-state index in [0.29, 0.717) is 33.7 Å². The van der Waals surface area contributed by atoms with E-state index in [4.69, 9.17) is 27.9 Å². The Bertz CT molecular complexity index is 591. The second-order valence-corrected chi connectivity index (χ2v) is 4.61. The number of rotatable bonds is 4. The molecule has 2 rings (SSSR count). The Labute approximate surface area is 121 Å². The van der Waals surface area contributed by atoms with E-state index < -0.39 is 0 Å². The number of phenols is 1. The summed E-state index contributed by atoms with van der Waals surface area (Å²) in [5, 5.41) is 13.9. The third kappa shape index (κ3) is 3.22. The molecule has 2 N–H and O–H groups in total. The molecule has 2 aromatic rings. The van der Waals surface area contributed by atoms with Crippen LogP contribution in [0.3, 0.4) is 0 Å². The van der Waals surface area contributed by atoms with Gasteiger partial charge in [-0.25, -0.2) is 4.98 Å². The molecule has 0 atom stereocenters. The Morgan fingerprint density at radius 2 is 2.16 bits per heavy atom. The first-order valence-corrected chi connectivity index (χ1v) is 6.27. The van der Waals surface area contributed by atoms with Gasteiger partial charge < -0.3 is 15.2 Å². The molecular formula is C13H12Cl2N2O2. The average Bonchev–Trinajstić information content (AvgIpc) is 2.41. The lowest BCUT2D eigenvalue weighted by atomic mass is 10.2. The predicted octanol–water partition coefficient (Wildman–Crippen LogP) is 3.71. The fourth-order valence-corrected chi connectivity index (χ4v) is 2.04. The van der Waals surface area contributed by atoms with Gasteiger partial charge in [0, 0.05) is 29.4 Å². The highest BCUT2D eigenvalue weighted by Gasteiger charge is 2.10. The van der Waals surface area contributed by atoms with E-state index in [1.165, 1.54) is 7.11 Å². The van der Waals surface area contributed by atoms with Gasteiger partial charge in [-0.3, -0.25) is 0 Å². The summed E-state index contributed by atoms with van der Waals surface area (Å²) in [6.07, 6.45) is 1.60. The van der Waals surface area contributed by atoms with Crippen LogP contribution in [0, 0.1) is 0 Å². The van der Waals surface area contributed by atoms with Crippen LogP contribution in [0.2, 0.25) is 10.2 Å². The van der Waals surface area contributed by atoms with Gasteiger partial charge in [-0.05, 0) is 18.2 Å². The summed E-state index contributed by atoms with van der Waals surface area (Å²) >= 11 is 11.9. The molecule has 100 valence electrons. The van der Waals surface area contributed by atoms with Gasteiger partial charge in [0.25, 0.3) is 0 Å². The molecule has 19 heavy (non-hydrogen) atoms. The quantitative estimate of drug-likeness (QED) is 0.845. The summed E-state index contributed by atoms with van der Waals surface area (Å²) in [4.78, 5) is 3.95. The highest BCUT2D eigenvalue weighted by molar-refractivity contribution is 6.32. The number of nitrogens with one attached hydrogen (secondary N) is 1. The lowest BCUT2D eigenvalue weighted by molar-refractivity contribution is 0.371. The van der Waals surface area contributed by atoms with Gasteiger partial charge in [0.05, 0.1) is 12.8 Å². The number of anilines is 1. The minimum Gasteiger partial charge on any atom is -0.504 e. The normalized spacial score (nSPS) is 10.3. The molecule has 0 aliphatic carbocycles. The summed E-state index contributed by atoms with van der Waals surface area (Å²) in [6.45, 7) is 0.355. The molecule has 1 heterocycles. The predicted molar refractivity (Wildman–Crippen MR) is 76.2 cm³/mol. The summed E-state index contributed by atoms with van der Waals surface area (Å²) < 4.78 is 5.04. The molecule has 0 unspecified atom stereocenters. The van der Waals surface area contributed by atoms with Crippen molar-refractivity contribution in [1.29, 1.82) is 0 Å². The number of ether oxygens (including phenoxy) is 1. The van der Waals surface area contributed by atoms with Crippen molar-refractivity contribution in [3.8, 4) is 11.5 Å². The number of aromatic nitrogens is 1. The molecule has 0 saturated carbocycles. The van der Waals surface area contributed by atoms with Crippen molar-refractivity contribution in [3.63, 3.8) is 0 Å². The zero-order chi connectivity index (χ0) is 13.8. The van der Waals surface area contributed by atoms with Crippen molar-refractivity contribution in [3.05, 3.63) is 46.2 Å². The van der Waals surface area contributed by atoms with Gasteiger partial charge in [-0.15, -0.1) is 0 Å². The summed E-state index contributed by atoms with van der Waals surface area (Å²) in [6, 6.07) is 6.79. The summed E-state index contributed by atoms with van der Waals surface area (Å²) in [5.41, 5.74) is 1.30. The highest BCUT2D eigenvalue weighted by atomic mass is 35.5. The van der Waals surface area contributed by atoms with Crippen LogP contribution < -0.4 is 10.1 Å². The van der Waals surface area contributed by atoms with E-state index in [2.05, 4.69) is 10.3 Å². The summed E-state index contributed by atoms with van der Waals surface area (Å²) in [5.74, 6) is 0.390. The number of hydrogen-bond donors (Lipinski definition) is 2. The van der Waals surface area contributed by atoms with E-state index in [-0.39, 0.29) is 5.75 Å². The first-order chi connectivity index (χ1) is 9.11. The van der Waals surface area contributed by atoms with Crippen LogP contribution in [0.15, 0.2) is 30.5 Å². The van der Waals surface area contributed by atoms with E-state index >= 15 is 0 Å². The molecular weight excluding hydrogens is 287 g/mol. The monoisotopic (exact) mass is 298 g/mol. The van der Waals surface area contributed by atoms with Crippen molar-refractivity contribution in [2.75, 3.05) is 12.4 Å². The first kappa shape index (κ1) is 13.8. The molecule has 0 aliphatic heterocycles. The molecule has 0 spiro atoms. The van der Waals surface area contributed by atoms with E-state index in [1.54, 1.807) is 30.5 Å². The molecule has 0 radical (unpaired) electrons. The molecule has 6 heteroatoms. The van der Waals surface area contributed by atoms with Gasteiger partial charge in [-0.1, -0.05) is 23.2 Å². The SMILES string of the molecule is COc1cc(Cl)cc(CNc2cccnc2Cl)c1O. The Kier molecular flexibility index (Phi) is 4.35. The Morgan fingerprint density at radius 3 is 2.84 bits per heavy atom. The second-order valence-electron chi connectivity index (χ2n) is 3.81. The Balaban J connectivity index is 2.20. The minimum atomic E-state index is 0.0550. The maximum absolute atomic E-state index is 9.99. The van der Waals surface area contributed by atoms with Gasteiger partial charge in [0.2, 0.25) is 0 Å². The van der Waals surface area contributed by atoms with Crippen molar-refractivity contribution in [1.82, 2.24) is 4.98 Å². The van der Waals surface area contributed by atoms with Crippen molar-refractivity contribution in [2.45, 2.75) is 6.54 Å². The molecule has 0 aliphatic rings. The van der Waals surface area contributed by atoms with Crippen molar-refractivity contribution < 1.29 is 9.84 Å². The van der Waals surface area contributed by atoms with Crippen LogP contribution in [0.25, 0.3) is 0 Å². The standard InChI is InChI=1S/C13H12Cl2N2O2/c1-19-11-6-9(14)5-8(12(11)18)7-17-10-3-2-4-16-13(10)15/h2-6,17-18H,7H2,1H3. The molecule has 1 aromatic heterocycles. The van der Waals surface area contributed by atoms with Gasteiger partial charge in [0.15, 0.2) is 16.7 Å². The Hall–Kier alpha value is -1.65. The number of hydrogen-bond acceptors (Lipinski definition) is 4. The lowest BCUT2D eigenvalue weighted by Gasteiger charge is -2.12. The van der Waals surface area contributed by atoms with Crippen LogP contribution in [0.4, 0.5) is 5.69 Å². The van der Waals surface area contributed by atoms with Gasteiger partial charge in [-0.2, -0.15) is 0 Å². The lowest BCUT2D eigenvalue weighted by Crippen LogP contribution is -2.01. The third-order valence-electron chi connectivity index (χ3n) is 2.57. The molecule has 0 bridgehead atoms. The second kappa shape index (κ2) is 5.99. The minimum absolute atomic E-state index is 0.0550. The van der Waals surface area contributed by atoms with Crippen molar-refractivity contribution in [2.24, 2.45) is 0 Å². The van der Waals surface area contributed by atoms with Gasteiger partial charge in [0.1, 0.15) is 0 Å². The zero-order valence-electron chi connectivity index (χ0n) is 10.2. The van der Waals surface area contributed by atoms with Gasteiger partial charge >= 0.3 is 0 Å². The maximum atomic E-state index is 9.99. The van der Waals surface area contributed by atoms with Crippen LogP contribution >= 0.6 is 23.2 Å². The van der Waals surface area contributed by atoms with Crippen LogP contribution in [0.1, 0.15) is 5.56 Å². The number of halogens is 2. The molecule has 0 fully saturated rings. The van der Waals surface area contributed by atoms with Crippen LogP contribution in [-0.2, 0) is 6.54 Å². The fourth-order valence-electron chi connectivity index (χ4n) is 1.63. The molecule has 0 amide bonds. The molecule has 1 aromatic carbocycles. The maximum Gasteiger partial charge on any atom is 0.162 e. The van der Waals surface area contributed by atoms with Crippen LogP contribution in [-0.4, -0.2) is 17.2 Å². The average molecular weight is 299 g/mol. The number of benzene rings is 1. The third-order valence-corrected chi connectivity index (χ3v) is 3.09. The smallest absolute Gasteiger partial charge is 0.162 e. The Morgan fingerprint density at radius 1 is 1.37 bits per heavy atom. The number of aromatic hydroxyl groups is 1. The largest absolute Gasteiger partial charge is 0.504 e. The zero-order valence-corrected chi connectivity index (χ0v) is 11.7. The molecule has 4 nitrogen and oxygen atoms in total. The first-order valence-electron chi connectivity index (χ1n) is 5.51. The summed E-state index contributed by atoms with van der Waals surface area (Å²) in [7, 11) is 1.47. The van der Waals surface area contributed by atoms with E-state index in [9.17, 15) is 5.11 Å². The highest BCUT2D eigenvalue weighted by Crippen LogP contribution is 2.34. The number of pyridine rings is 1. The van der Waals surface area contributed by atoms with E-state index in [1.807, 2.05) is 0 Å². The fraction of sp³-hybridized carbons (Fsp3) is 0.154. The molecule has 0 saturated heterocycles.